The van der Waals surface area contributed by atoms with E-state index in [9.17, 15) is 19.2 Å². The number of aromatic nitrogens is 2. The summed E-state index contributed by atoms with van der Waals surface area (Å²) in [6, 6.07) is 13.2. The highest BCUT2D eigenvalue weighted by Gasteiger charge is 2.32. The molecule has 40 heavy (non-hydrogen) atoms. The molecule has 0 aliphatic carbocycles. The van der Waals surface area contributed by atoms with Crippen molar-refractivity contribution >= 4 is 34.4 Å². The van der Waals surface area contributed by atoms with E-state index in [0.29, 0.717) is 49.6 Å². The zero-order valence-electron chi connectivity index (χ0n) is 23.1. The number of nitrogens with zero attached hydrogens (tertiary/aromatic N) is 5. The Hall–Kier alpha value is -3.92. The number of hydrogen-bond acceptors (Lipinski definition) is 6. The van der Waals surface area contributed by atoms with Gasteiger partial charge < -0.3 is 14.7 Å². The smallest absolute Gasteiger partial charge is 0.329 e. The summed E-state index contributed by atoms with van der Waals surface area (Å²) in [5, 5.41) is 2.36. The monoisotopic (exact) mass is 544 g/mol. The van der Waals surface area contributed by atoms with Crippen molar-refractivity contribution in [3.05, 3.63) is 64.1 Å². The maximum absolute atomic E-state index is 13.3. The molecule has 3 saturated heterocycles. The fraction of sp³-hybridized carbons (Fsp3) is 0.467. The molecule has 3 aliphatic rings. The Bertz CT molecular complexity index is 1520. The minimum absolute atomic E-state index is 0.0431. The van der Waals surface area contributed by atoms with Crippen LogP contribution >= 0.6 is 0 Å². The van der Waals surface area contributed by atoms with Crippen LogP contribution in [-0.4, -0.2) is 83.0 Å². The first kappa shape index (κ1) is 26.3. The quantitative estimate of drug-likeness (QED) is 0.505. The number of piperazine rings is 1. The van der Waals surface area contributed by atoms with Crippen LogP contribution in [0.4, 0.5) is 5.69 Å². The molecule has 3 aliphatic heterocycles. The highest BCUT2D eigenvalue weighted by molar-refractivity contribution is 6.00. The molecule has 3 amide bonds. The van der Waals surface area contributed by atoms with E-state index in [2.05, 4.69) is 34.3 Å². The highest BCUT2D eigenvalue weighted by Crippen LogP contribution is 2.31. The van der Waals surface area contributed by atoms with Crippen molar-refractivity contribution in [3.63, 3.8) is 0 Å². The molecule has 4 heterocycles. The van der Waals surface area contributed by atoms with Gasteiger partial charge in [0.2, 0.25) is 11.8 Å². The second-order valence-electron chi connectivity index (χ2n) is 11.3. The number of carbonyl (C=O) groups is 3. The maximum Gasteiger partial charge on any atom is 0.329 e. The number of carbonyl (C=O) groups excluding carboxylic acids is 3. The van der Waals surface area contributed by atoms with E-state index in [1.807, 2.05) is 35.2 Å². The largest absolute Gasteiger partial charge is 0.366 e. The molecule has 0 bridgehead atoms. The van der Waals surface area contributed by atoms with Crippen LogP contribution in [0.2, 0.25) is 0 Å². The fourth-order valence-electron chi connectivity index (χ4n) is 6.57. The van der Waals surface area contributed by atoms with Gasteiger partial charge in [-0.05, 0) is 68.6 Å². The molecule has 2 atom stereocenters. The first-order valence-electron chi connectivity index (χ1n) is 14.2. The van der Waals surface area contributed by atoms with E-state index in [1.54, 1.807) is 11.6 Å². The number of likely N-dealkylation sites (N-methyl/N-ethyl adjacent to an activating group) is 1. The van der Waals surface area contributed by atoms with Crippen molar-refractivity contribution in [2.24, 2.45) is 7.05 Å². The summed E-state index contributed by atoms with van der Waals surface area (Å²) in [6.45, 7) is 4.63. The number of amides is 3. The Labute approximate surface area is 233 Å². The van der Waals surface area contributed by atoms with Crippen LogP contribution in [0.1, 0.15) is 53.6 Å². The van der Waals surface area contributed by atoms with E-state index in [0.717, 1.165) is 24.3 Å². The van der Waals surface area contributed by atoms with Gasteiger partial charge in [-0.1, -0.05) is 18.2 Å². The summed E-state index contributed by atoms with van der Waals surface area (Å²) in [6.07, 6.45) is 2.90. The van der Waals surface area contributed by atoms with E-state index in [4.69, 9.17) is 0 Å². The summed E-state index contributed by atoms with van der Waals surface area (Å²) < 4.78 is 3.09. The number of para-hydroxylation sites is 1. The molecule has 1 aromatic heterocycles. The number of likely N-dealkylation sites (tertiary alicyclic amines) is 1. The molecule has 0 saturated carbocycles. The number of imide groups is 1. The van der Waals surface area contributed by atoms with Gasteiger partial charge in [0.1, 0.15) is 6.04 Å². The zero-order valence-corrected chi connectivity index (χ0v) is 23.1. The molecule has 0 radical (unpaired) electrons. The number of fused-ring (bicyclic) bond motifs is 1. The van der Waals surface area contributed by atoms with E-state index in [1.165, 1.54) is 23.0 Å². The maximum atomic E-state index is 13.3. The Morgan fingerprint density at radius 2 is 1.65 bits per heavy atom. The first-order valence-corrected chi connectivity index (χ1v) is 14.2. The topological polar surface area (TPSA) is 99.9 Å². The highest BCUT2D eigenvalue weighted by atomic mass is 16.2. The van der Waals surface area contributed by atoms with Gasteiger partial charge in [-0.15, -0.1) is 0 Å². The van der Waals surface area contributed by atoms with Gasteiger partial charge in [-0.25, -0.2) is 4.79 Å². The van der Waals surface area contributed by atoms with Crippen molar-refractivity contribution in [1.29, 1.82) is 0 Å². The van der Waals surface area contributed by atoms with Crippen LogP contribution in [0.25, 0.3) is 11.0 Å². The van der Waals surface area contributed by atoms with Crippen molar-refractivity contribution < 1.29 is 14.4 Å². The molecular weight excluding hydrogens is 508 g/mol. The minimum Gasteiger partial charge on any atom is -0.366 e. The van der Waals surface area contributed by atoms with Crippen molar-refractivity contribution in [3.8, 4) is 0 Å². The van der Waals surface area contributed by atoms with Gasteiger partial charge in [0.05, 0.1) is 16.7 Å². The Morgan fingerprint density at radius 1 is 0.900 bits per heavy atom. The Balaban J connectivity index is 1.17. The third-order valence-corrected chi connectivity index (χ3v) is 8.76. The number of benzene rings is 2. The molecule has 1 N–H and O–H groups in total. The predicted octanol–water partition coefficient (Wildman–Crippen LogP) is 2.09. The predicted molar refractivity (Wildman–Crippen MR) is 153 cm³/mol. The van der Waals surface area contributed by atoms with Gasteiger partial charge in [0.25, 0.3) is 5.91 Å². The van der Waals surface area contributed by atoms with Crippen molar-refractivity contribution in [2.45, 2.75) is 37.6 Å². The van der Waals surface area contributed by atoms with Crippen LogP contribution < -0.4 is 15.9 Å². The van der Waals surface area contributed by atoms with E-state index < -0.39 is 11.9 Å². The van der Waals surface area contributed by atoms with Gasteiger partial charge in [0.15, 0.2) is 0 Å². The normalized spacial score (nSPS) is 22.6. The first-order chi connectivity index (χ1) is 19.3. The molecule has 10 heteroatoms. The molecule has 6 rings (SSSR count). The molecule has 210 valence electrons. The fourth-order valence-corrected chi connectivity index (χ4v) is 6.57. The molecule has 1 unspecified atom stereocenters. The Morgan fingerprint density at radius 3 is 2.35 bits per heavy atom. The van der Waals surface area contributed by atoms with E-state index in [-0.39, 0.29) is 23.9 Å². The van der Waals surface area contributed by atoms with Crippen LogP contribution in [0.3, 0.4) is 0 Å². The van der Waals surface area contributed by atoms with Gasteiger partial charge in [-0.3, -0.25) is 28.8 Å². The van der Waals surface area contributed by atoms with Crippen LogP contribution in [0, 0.1) is 0 Å². The number of piperidine rings is 2. The van der Waals surface area contributed by atoms with Crippen LogP contribution in [-0.2, 0) is 16.6 Å². The number of hydrogen-bond donors (Lipinski definition) is 1. The molecular formula is C30H36N6O4. The third kappa shape index (κ3) is 4.70. The SMILES string of the molecule is CN1CCC[C@H](c2ccc(C(=O)N3CCN(c4cccc5c4n(C)c(=O)n5C4CCC(=O)NC4=O)CC3)cc2)C1. The number of aryl methyl sites for hydroxylation is 1. The lowest BCUT2D eigenvalue weighted by Gasteiger charge is -2.36. The van der Waals surface area contributed by atoms with Crippen LogP contribution in [0.5, 0.6) is 0 Å². The summed E-state index contributed by atoms with van der Waals surface area (Å²) in [4.78, 5) is 57.3. The average molecular weight is 545 g/mol. The second kappa shape index (κ2) is 10.6. The molecule has 3 aromatic rings. The van der Waals surface area contributed by atoms with Crippen molar-refractivity contribution in [2.75, 3.05) is 51.2 Å². The van der Waals surface area contributed by atoms with Crippen LogP contribution in [0.15, 0.2) is 47.3 Å². The Kier molecular flexibility index (Phi) is 6.95. The third-order valence-electron chi connectivity index (χ3n) is 8.76. The molecule has 10 nitrogen and oxygen atoms in total. The van der Waals surface area contributed by atoms with Gasteiger partial charge in [0, 0.05) is 51.8 Å². The summed E-state index contributed by atoms with van der Waals surface area (Å²) in [5.41, 5.74) is 4.05. The average Bonchev–Trinajstić information content (AvgIpc) is 3.22. The zero-order chi connectivity index (χ0) is 28.0. The van der Waals surface area contributed by atoms with Gasteiger partial charge >= 0.3 is 5.69 Å². The van der Waals surface area contributed by atoms with Gasteiger partial charge in [-0.2, -0.15) is 0 Å². The lowest BCUT2D eigenvalue weighted by Crippen LogP contribution is -2.49. The standard InChI is InChI=1S/C30H36N6O4/c1-32-14-4-5-22(19-32)20-8-10-21(11-9-20)29(39)35-17-15-34(16-18-35)23-6-3-7-24-27(23)33(2)30(40)36(24)25-12-13-26(37)31-28(25)38/h3,6-11,22,25H,4-5,12-19H2,1-2H3,(H,31,37,38)/t22-,25?/m0/s1. The van der Waals surface area contributed by atoms with Crippen molar-refractivity contribution in [1.82, 2.24) is 24.3 Å². The number of anilines is 1. The second-order valence-corrected chi connectivity index (χ2v) is 11.3. The number of imidazole rings is 1. The minimum atomic E-state index is -0.718. The summed E-state index contributed by atoms with van der Waals surface area (Å²) >= 11 is 0. The lowest BCUT2D eigenvalue weighted by atomic mass is 9.90. The van der Waals surface area contributed by atoms with E-state index >= 15 is 0 Å². The number of nitrogens with one attached hydrogen (secondary N) is 1. The lowest BCUT2D eigenvalue weighted by molar-refractivity contribution is -0.135. The molecule has 2 aromatic carbocycles. The summed E-state index contributed by atoms with van der Waals surface area (Å²) in [7, 11) is 3.88. The molecule has 3 fully saturated rings. The molecule has 0 spiro atoms. The summed E-state index contributed by atoms with van der Waals surface area (Å²) in [5.74, 6) is -0.185. The number of rotatable bonds is 4.